The third-order valence-corrected chi connectivity index (χ3v) is 0. The summed E-state index contributed by atoms with van der Waals surface area (Å²) in [6, 6.07) is 0. The summed E-state index contributed by atoms with van der Waals surface area (Å²) in [7, 11) is -2.92. The Morgan fingerprint density at radius 1 is 1.00 bits per heavy atom. The van der Waals surface area contributed by atoms with Gasteiger partial charge in [-0.05, 0) is 0 Å². The van der Waals surface area contributed by atoms with Crippen LogP contribution in [0.25, 0.3) is 0 Å². The fourth-order valence-electron chi connectivity index (χ4n) is 0. The van der Waals surface area contributed by atoms with Crippen molar-refractivity contribution in [2.24, 2.45) is 0 Å². The fraction of sp³-hybridized carbons (Fsp3) is 0. The molecule has 0 aromatic carbocycles. The molecule has 0 N–H and O–H groups in total. The van der Waals surface area contributed by atoms with Gasteiger partial charge < -0.3 is 15.1 Å². The van der Waals surface area contributed by atoms with Crippen LogP contribution in [0.15, 0.2) is 0 Å². The van der Waals surface area contributed by atoms with E-state index in [2.05, 4.69) is 0 Å². The molecular formula is BNaO3W-2. The van der Waals surface area contributed by atoms with Crippen LogP contribution in [0.3, 0.4) is 0 Å². The molecule has 3 nitrogen and oxygen atoms in total. The van der Waals surface area contributed by atoms with E-state index >= 15 is 0 Å². The molecule has 0 atom stereocenters. The van der Waals surface area contributed by atoms with E-state index in [-0.39, 0.29) is 50.6 Å². The maximum Gasteiger partial charge on any atom is 1.00 e. The second-order valence-corrected chi connectivity index (χ2v) is 0.289. The van der Waals surface area contributed by atoms with Gasteiger partial charge in [0.15, 0.2) is 0 Å². The first-order chi connectivity index (χ1) is 1.73. The van der Waals surface area contributed by atoms with Gasteiger partial charge in [0.05, 0.1) is 0 Å². The van der Waals surface area contributed by atoms with Crippen molar-refractivity contribution in [2.45, 2.75) is 0 Å². The van der Waals surface area contributed by atoms with E-state index in [1.165, 1.54) is 0 Å². The van der Waals surface area contributed by atoms with Crippen LogP contribution in [0, 0.1) is 0 Å². The molecule has 0 fully saturated rings. The second-order valence-electron chi connectivity index (χ2n) is 0.289. The summed E-state index contributed by atoms with van der Waals surface area (Å²) in [6.45, 7) is 0. The molecule has 0 aromatic heterocycles. The van der Waals surface area contributed by atoms with Gasteiger partial charge in [0.2, 0.25) is 0 Å². The molecule has 0 saturated carbocycles. The van der Waals surface area contributed by atoms with Crippen LogP contribution in [-0.4, -0.2) is 7.32 Å². The van der Waals surface area contributed by atoms with Crippen LogP contribution >= 0.6 is 0 Å². The minimum atomic E-state index is -2.92. The van der Waals surface area contributed by atoms with E-state index in [0.29, 0.717) is 0 Å². The van der Waals surface area contributed by atoms with E-state index in [4.69, 9.17) is 15.1 Å². The SMILES string of the molecule is [Na+].[O-]B([O-])[O-].[W]. The Morgan fingerprint density at radius 3 is 1.00 bits per heavy atom. The van der Waals surface area contributed by atoms with Gasteiger partial charge in [-0.15, -0.1) is 0 Å². The predicted octanol–water partition coefficient (Wildman–Crippen LogP) is -6.95. The van der Waals surface area contributed by atoms with E-state index < -0.39 is 7.32 Å². The number of rotatable bonds is 0. The standard InChI is InChI=1S/BO3.Na.W/c2-1(3)4;;/q-3;+1;. The number of hydrogen-bond acceptors (Lipinski definition) is 3. The average Bonchev–Trinajstić information content (AvgIpc) is 0.811. The topological polar surface area (TPSA) is 69.2 Å². The molecular weight excluding hydrogens is 266 g/mol. The van der Waals surface area contributed by atoms with E-state index in [1.54, 1.807) is 0 Å². The zero-order valence-electron chi connectivity index (χ0n) is 3.21. The summed E-state index contributed by atoms with van der Waals surface area (Å²) in [5, 5.41) is 25.2. The fourth-order valence-corrected chi connectivity index (χ4v) is 0. The third-order valence-electron chi connectivity index (χ3n) is 0. The largest absolute Gasteiger partial charge is 1.00 e. The molecule has 0 aromatic rings. The molecule has 0 radical (unpaired) electrons. The molecule has 0 unspecified atom stereocenters. The van der Waals surface area contributed by atoms with E-state index in [9.17, 15) is 0 Å². The normalized spacial score (nSPS) is 4.50. The zero-order chi connectivity index (χ0) is 3.58. The summed E-state index contributed by atoms with van der Waals surface area (Å²) < 4.78 is 0. The van der Waals surface area contributed by atoms with Gasteiger partial charge in [0.25, 0.3) is 0 Å². The molecule has 0 aliphatic carbocycles. The van der Waals surface area contributed by atoms with Crippen LogP contribution in [0.2, 0.25) is 0 Å². The zero-order valence-corrected chi connectivity index (χ0v) is 8.14. The van der Waals surface area contributed by atoms with Crippen LogP contribution in [-0.2, 0) is 21.1 Å². The van der Waals surface area contributed by atoms with Crippen LogP contribution < -0.4 is 44.6 Å². The van der Waals surface area contributed by atoms with Gasteiger partial charge in [-0.25, -0.2) is 0 Å². The molecule has 0 spiro atoms. The van der Waals surface area contributed by atoms with Crippen molar-refractivity contribution in [1.82, 2.24) is 0 Å². The minimum absolute atomic E-state index is 0. The van der Waals surface area contributed by atoms with Crippen molar-refractivity contribution in [3.63, 3.8) is 0 Å². The van der Waals surface area contributed by atoms with Gasteiger partial charge in [0, 0.05) is 21.1 Å². The molecule has 6 heavy (non-hydrogen) atoms. The summed E-state index contributed by atoms with van der Waals surface area (Å²) in [6.07, 6.45) is 0. The maximum atomic E-state index is 8.42. The quantitative estimate of drug-likeness (QED) is 0.409. The molecule has 0 heterocycles. The maximum absolute atomic E-state index is 8.42. The van der Waals surface area contributed by atoms with Crippen LogP contribution in [0.5, 0.6) is 0 Å². The number of hydrogen-bond donors (Lipinski definition) is 0. The predicted molar refractivity (Wildman–Crippen MR) is 5.75 cm³/mol. The van der Waals surface area contributed by atoms with Gasteiger partial charge >= 0.3 is 29.6 Å². The Bertz CT molecular complexity index is 15.5. The average molecular weight is 266 g/mol. The molecule has 0 bridgehead atoms. The first kappa shape index (κ1) is 15.6. The van der Waals surface area contributed by atoms with Gasteiger partial charge in [-0.2, -0.15) is 0 Å². The Kier molecular flexibility index (Phi) is 25.6. The smallest absolute Gasteiger partial charge is 0.907 e. The van der Waals surface area contributed by atoms with E-state index in [1.807, 2.05) is 0 Å². The molecule has 0 rings (SSSR count). The van der Waals surface area contributed by atoms with Crippen molar-refractivity contribution in [3.8, 4) is 0 Å². The Balaban J connectivity index is -0.0000000450. The van der Waals surface area contributed by atoms with Crippen LogP contribution in [0.1, 0.15) is 0 Å². The van der Waals surface area contributed by atoms with Crippen molar-refractivity contribution in [1.29, 1.82) is 0 Å². The van der Waals surface area contributed by atoms with Gasteiger partial charge in [-0.3, -0.25) is 7.32 Å². The molecule has 0 amide bonds. The summed E-state index contributed by atoms with van der Waals surface area (Å²) >= 11 is 0. The monoisotopic (exact) mass is 266 g/mol. The molecule has 0 saturated heterocycles. The van der Waals surface area contributed by atoms with Crippen molar-refractivity contribution in [3.05, 3.63) is 0 Å². The summed E-state index contributed by atoms with van der Waals surface area (Å²) in [5.41, 5.74) is 0. The second kappa shape index (κ2) is 9.81. The molecule has 0 aliphatic heterocycles. The summed E-state index contributed by atoms with van der Waals surface area (Å²) in [4.78, 5) is 0. The minimum Gasteiger partial charge on any atom is -0.907 e. The van der Waals surface area contributed by atoms with Gasteiger partial charge in [-0.1, -0.05) is 0 Å². The first-order valence-electron chi connectivity index (χ1n) is 0.707. The third kappa shape index (κ3) is 45.3. The van der Waals surface area contributed by atoms with Gasteiger partial charge in [0.1, 0.15) is 0 Å². The van der Waals surface area contributed by atoms with E-state index in [0.717, 1.165) is 0 Å². The molecule has 30 valence electrons. The first-order valence-corrected chi connectivity index (χ1v) is 0.707. The Hall–Kier alpha value is 1.63. The molecule has 6 heteroatoms. The Labute approximate surface area is 72.5 Å². The summed E-state index contributed by atoms with van der Waals surface area (Å²) in [5.74, 6) is 0. The Morgan fingerprint density at radius 2 is 1.00 bits per heavy atom. The van der Waals surface area contributed by atoms with Crippen molar-refractivity contribution < 1.29 is 65.7 Å². The van der Waals surface area contributed by atoms with Crippen molar-refractivity contribution in [2.75, 3.05) is 0 Å². The van der Waals surface area contributed by atoms with Crippen molar-refractivity contribution >= 4 is 7.32 Å². The molecule has 0 aliphatic rings. The van der Waals surface area contributed by atoms with Crippen LogP contribution in [0.4, 0.5) is 0 Å².